The van der Waals surface area contributed by atoms with Gasteiger partial charge in [-0.15, -0.1) is 0 Å². The number of nitrogens with zero attached hydrogens (tertiary/aromatic N) is 1. The molecule has 1 aliphatic heterocycles. The van der Waals surface area contributed by atoms with Crippen LogP contribution in [0.2, 0.25) is 5.02 Å². The van der Waals surface area contributed by atoms with Crippen LogP contribution < -0.4 is 5.32 Å². The zero-order valence-corrected chi connectivity index (χ0v) is 14.2. The predicted molar refractivity (Wildman–Crippen MR) is 87.4 cm³/mol. The minimum absolute atomic E-state index is 0.216. The van der Waals surface area contributed by atoms with Crippen LogP contribution in [0.4, 0.5) is 0 Å². The Labute approximate surface area is 136 Å². The second kappa shape index (κ2) is 7.44. The van der Waals surface area contributed by atoms with Crippen molar-refractivity contribution in [1.29, 1.82) is 0 Å². The fourth-order valence-electron chi connectivity index (χ4n) is 2.70. The summed E-state index contributed by atoms with van der Waals surface area (Å²) in [5.74, 6) is -0.216. The maximum Gasteiger partial charge on any atom is 0.238 e. The molecular weight excluding hydrogens is 324 g/mol. The van der Waals surface area contributed by atoms with Gasteiger partial charge in [-0.1, -0.05) is 30.2 Å². The number of hydrogen-bond donors (Lipinski definition) is 1. The summed E-state index contributed by atoms with van der Waals surface area (Å²) in [5, 5.41) is 3.50. The first-order chi connectivity index (χ1) is 10.4. The topological polar surface area (TPSA) is 66.5 Å². The molecule has 0 aliphatic carbocycles. The van der Waals surface area contributed by atoms with E-state index in [4.69, 9.17) is 11.6 Å². The molecule has 1 fully saturated rings. The molecule has 1 saturated heterocycles. The maximum atomic E-state index is 12.3. The number of rotatable bonds is 5. The van der Waals surface area contributed by atoms with Gasteiger partial charge in [-0.3, -0.25) is 4.79 Å². The van der Waals surface area contributed by atoms with E-state index < -0.39 is 16.1 Å². The third-order valence-electron chi connectivity index (χ3n) is 3.78. The molecule has 0 aromatic heterocycles. The van der Waals surface area contributed by atoms with Crippen molar-refractivity contribution in [2.75, 3.05) is 19.3 Å². The summed E-state index contributed by atoms with van der Waals surface area (Å²) in [5.41, 5.74) is 1.04. The lowest BCUT2D eigenvalue weighted by molar-refractivity contribution is -0.125. The zero-order chi connectivity index (χ0) is 16.2. The van der Waals surface area contributed by atoms with Gasteiger partial charge in [0.25, 0.3) is 0 Å². The van der Waals surface area contributed by atoms with E-state index in [9.17, 15) is 13.2 Å². The molecule has 1 amide bonds. The lowest BCUT2D eigenvalue weighted by Crippen LogP contribution is -2.51. The Hall–Kier alpha value is -1.11. The SMILES string of the molecule is CS(=O)(=O)N1CCCC[C@H]1C(=O)NCCc1cccc(Cl)c1. The standard InChI is InChI=1S/C15H21ClN2O3S/c1-22(20,21)18-10-3-2-7-14(18)15(19)17-9-8-12-5-4-6-13(16)11-12/h4-6,11,14H,2-3,7-10H2,1H3,(H,17,19)/t14-/m0/s1. The van der Waals surface area contributed by atoms with Crippen molar-refractivity contribution in [1.82, 2.24) is 9.62 Å². The summed E-state index contributed by atoms with van der Waals surface area (Å²) in [6, 6.07) is 6.89. The number of amides is 1. The van der Waals surface area contributed by atoms with Gasteiger partial charge in [0, 0.05) is 18.1 Å². The molecule has 1 aromatic carbocycles. The number of carbonyl (C=O) groups excluding carboxylic acids is 1. The molecule has 22 heavy (non-hydrogen) atoms. The van der Waals surface area contributed by atoms with E-state index in [0.717, 1.165) is 24.7 Å². The molecule has 1 heterocycles. The summed E-state index contributed by atoms with van der Waals surface area (Å²) in [6.07, 6.45) is 4.08. The number of halogens is 1. The van der Waals surface area contributed by atoms with Gasteiger partial charge in [0.15, 0.2) is 0 Å². The Morgan fingerprint density at radius 1 is 1.41 bits per heavy atom. The van der Waals surface area contributed by atoms with Crippen LogP contribution >= 0.6 is 11.6 Å². The van der Waals surface area contributed by atoms with Gasteiger partial charge in [0.2, 0.25) is 15.9 Å². The Bertz CT molecular complexity index is 633. The first kappa shape index (κ1) is 17.2. The maximum absolute atomic E-state index is 12.3. The monoisotopic (exact) mass is 344 g/mol. The van der Waals surface area contributed by atoms with E-state index >= 15 is 0 Å². The van der Waals surface area contributed by atoms with Crippen LogP contribution in [0.1, 0.15) is 24.8 Å². The summed E-state index contributed by atoms with van der Waals surface area (Å²) in [6.45, 7) is 0.887. The molecule has 0 saturated carbocycles. The smallest absolute Gasteiger partial charge is 0.238 e. The molecule has 0 spiro atoms. The number of nitrogens with one attached hydrogen (secondary N) is 1. The third-order valence-corrected chi connectivity index (χ3v) is 5.31. The highest BCUT2D eigenvalue weighted by molar-refractivity contribution is 7.88. The van der Waals surface area contributed by atoms with Crippen LogP contribution in [0.5, 0.6) is 0 Å². The largest absolute Gasteiger partial charge is 0.354 e. The number of carbonyl (C=O) groups is 1. The molecule has 1 atom stereocenters. The van der Waals surface area contributed by atoms with Gasteiger partial charge in [-0.05, 0) is 37.0 Å². The Kier molecular flexibility index (Phi) is 5.83. The first-order valence-corrected chi connectivity index (χ1v) is 9.59. The molecular formula is C15H21ClN2O3S. The number of sulfonamides is 1. The predicted octanol–water partition coefficient (Wildman–Crippen LogP) is 1.81. The molecule has 0 unspecified atom stereocenters. The third kappa shape index (κ3) is 4.69. The molecule has 5 nitrogen and oxygen atoms in total. The molecule has 1 aliphatic rings. The molecule has 1 aromatic rings. The van der Waals surface area contributed by atoms with Crippen LogP contribution in [0.25, 0.3) is 0 Å². The van der Waals surface area contributed by atoms with Crippen LogP contribution in [0.3, 0.4) is 0 Å². The number of benzene rings is 1. The van der Waals surface area contributed by atoms with E-state index in [0.29, 0.717) is 31.0 Å². The second-order valence-electron chi connectivity index (χ2n) is 5.56. The lowest BCUT2D eigenvalue weighted by atomic mass is 10.0. The molecule has 122 valence electrons. The van der Waals surface area contributed by atoms with E-state index in [1.54, 1.807) is 6.07 Å². The van der Waals surface area contributed by atoms with Gasteiger partial charge in [0.1, 0.15) is 6.04 Å². The average molecular weight is 345 g/mol. The van der Waals surface area contributed by atoms with Gasteiger partial charge in [0.05, 0.1) is 6.26 Å². The fraction of sp³-hybridized carbons (Fsp3) is 0.533. The van der Waals surface area contributed by atoms with E-state index in [-0.39, 0.29) is 5.91 Å². The first-order valence-electron chi connectivity index (χ1n) is 7.37. The number of piperidine rings is 1. The van der Waals surface area contributed by atoms with Crippen LogP contribution in [-0.4, -0.2) is 44.0 Å². The highest BCUT2D eigenvalue weighted by Crippen LogP contribution is 2.20. The molecule has 0 radical (unpaired) electrons. The quantitative estimate of drug-likeness (QED) is 0.886. The van der Waals surface area contributed by atoms with E-state index in [2.05, 4.69) is 5.32 Å². The summed E-state index contributed by atoms with van der Waals surface area (Å²) >= 11 is 5.92. The minimum atomic E-state index is -3.35. The molecule has 1 N–H and O–H groups in total. The molecule has 2 rings (SSSR count). The van der Waals surface area contributed by atoms with Crippen molar-refractivity contribution in [3.05, 3.63) is 34.9 Å². The van der Waals surface area contributed by atoms with Crippen molar-refractivity contribution < 1.29 is 13.2 Å². The highest BCUT2D eigenvalue weighted by atomic mass is 35.5. The lowest BCUT2D eigenvalue weighted by Gasteiger charge is -2.32. The highest BCUT2D eigenvalue weighted by Gasteiger charge is 2.34. The number of hydrogen-bond acceptors (Lipinski definition) is 3. The van der Waals surface area contributed by atoms with Crippen molar-refractivity contribution in [3.63, 3.8) is 0 Å². The molecule has 0 bridgehead atoms. The van der Waals surface area contributed by atoms with Gasteiger partial charge in [-0.25, -0.2) is 8.42 Å². The normalized spacial score (nSPS) is 19.8. The van der Waals surface area contributed by atoms with E-state index in [1.807, 2.05) is 18.2 Å². The summed E-state index contributed by atoms with van der Waals surface area (Å²) < 4.78 is 24.8. The van der Waals surface area contributed by atoms with Crippen LogP contribution in [-0.2, 0) is 21.2 Å². The van der Waals surface area contributed by atoms with Crippen LogP contribution in [0.15, 0.2) is 24.3 Å². The van der Waals surface area contributed by atoms with Gasteiger partial charge in [-0.2, -0.15) is 4.31 Å². The van der Waals surface area contributed by atoms with Crippen molar-refractivity contribution in [2.45, 2.75) is 31.7 Å². The zero-order valence-electron chi connectivity index (χ0n) is 12.6. The minimum Gasteiger partial charge on any atom is -0.354 e. The van der Waals surface area contributed by atoms with Crippen molar-refractivity contribution in [3.8, 4) is 0 Å². The Morgan fingerprint density at radius 2 is 2.18 bits per heavy atom. The van der Waals surface area contributed by atoms with Gasteiger partial charge >= 0.3 is 0 Å². The molecule has 7 heteroatoms. The van der Waals surface area contributed by atoms with Crippen LogP contribution in [0, 0.1) is 0 Å². The van der Waals surface area contributed by atoms with E-state index in [1.165, 1.54) is 4.31 Å². The van der Waals surface area contributed by atoms with Crippen molar-refractivity contribution >= 4 is 27.5 Å². The summed E-state index contributed by atoms with van der Waals surface area (Å²) in [4.78, 5) is 12.3. The Morgan fingerprint density at radius 3 is 2.86 bits per heavy atom. The average Bonchev–Trinajstić information content (AvgIpc) is 2.46. The Balaban J connectivity index is 1.90. The second-order valence-corrected chi connectivity index (χ2v) is 7.93. The van der Waals surface area contributed by atoms with Gasteiger partial charge < -0.3 is 5.32 Å². The van der Waals surface area contributed by atoms with Crippen molar-refractivity contribution in [2.24, 2.45) is 0 Å². The summed E-state index contributed by atoms with van der Waals surface area (Å²) in [7, 11) is -3.35. The fourth-order valence-corrected chi connectivity index (χ4v) is 4.04.